The monoisotopic (exact) mass is 207 g/mol. The van der Waals surface area contributed by atoms with E-state index in [0.29, 0.717) is 13.1 Å². The molecule has 0 aromatic carbocycles. The summed E-state index contributed by atoms with van der Waals surface area (Å²) in [7, 11) is 0. The van der Waals surface area contributed by atoms with E-state index in [1.165, 1.54) is 0 Å². The third kappa shape index (κ3) is 3.14. The third-order valence-electron chi connectivity index (χ3n) is 2.31. The Morgan fingerprint density at radius 3 is 2.69 bits per heavy atom. The number of nitrogens with zero attached hydrogens (tertiary/aromatic N) is 1. The third-order valence-corrected chi connectivity index (χ3v) is 2.31. The molecule has 78 valence electrons. The number of halogens is 1. The first-order valence-electron chi connectivity index (χ1n) is 4.39. The molecule has 1 rings (SSSR count). The fourth-order valence-electron chi connectivity index (χ4n) is 1.40. The van der Waals surface area contributed by atoms with Crippen molar-refractivity contribution in [1.82, 2.24) is 4.90 Å². The van der Waals surface area contributed by atoms with E-state index in [1.54, 1.807) is 0 Å². The maximum absolute atomic E-state index is 11.5. The molecule has 0 bridgehead atoms. The minimum absolute atomic E-state index is 0. The zero-order valence-electron chi connectivity index (χ0n) is 7.90. The van der Waals surface area contributed by atoms with Crippen LogP contribution in [0.25, 0.3) is 0 Å². The Bertz CT molecular complexity index is 177. The van der Waals surface area contributed by atoms with Crippen molar-refractivity contribution in [2.24, 2.45) is 17.4 Å². The summed E-state index contributed by atoms with van der Waals surface area (Å²) in [6.07, 6.45) is 0.920. The first-order chi connectivity index (χ1) is 5.65. The zero-order valence-corrected chi connectivity index (χ0v) is 8.72. The van der Waals surface area contributed by atoms with Crippen LogP contribution in [-0.4, -0.2) is 36.5 Å². The fraction of sp³-hybridized carbons (Fsp3) is 0.875. The second-order valence-electron chi connectivity index (χ2n) is 3.47. The van der Waals surface area contributed by atoms with Crippen LogP contribution in [0.15, 0.2) is 0 Å². The molecule has 1 heterocycles. The maximum Gasteiger partial charge on any atom is 0.226 e. The van der Waals surface area contributed by atoms with E-state index in [1.807, 2.05) is 11.8 Å². The van der Waals surface area contributed by atoms with Crippen LogP contribution in [0, 0.1) is 5.92 Å². The van der Waals surface area contributed by atoms with Gasteiger partial charge in [0.15, 0.2) is 0 Å². The predicted molar refractivity (Wildman–Crippen MR) is 54.6 cm³/mol. The van der Waals surface area contributed by atoms with Gasteiger partial charge in [-0.25, -0.2) is 0 Å². The van der Waals surface area contributed by atoms with Crippen LogP contribution in [-0.2, 0) is 4.79 Å². The Morgan fingerprint density at radius 1 is 1.69 bits per heavy atom. The molecule has 1 unspecified atom stereocenters. The summed E-state index contributed by atoms with van der Waals surface area (Å²) >= 11 is 0. The molecule has 13 heavy (non-hydrogen) atoms. The topological polar surface area (TPSA) is 72.4 Å². The number of hydrogen-bond donors (Lipinski definition) is 2. The van der Waals surface area contributed by atoms with Gasteiger partial charge in [0.1, 0.15) is 0 Å². The van der Waals surface area contributed by atoms with E-state index >= 15 is 0 Å². The lowest BCUT2D eigenvalue weighted by Gasteiger charge is -2.19. The van der Waals surface area contributed by atoms with Crippen molar-refractivity contribution < 1.29 is 4.79 Å². The van der Waals surface area contributed by atoms with E-state index < -0.39 is 0 Å². The Labute approximate surface area is 85.0 Å². The Kier molecular flexibility index (Phi) is 5.29. The van der Waals surface area contributed by atoms with Crippen molar-refractivity contribution in [2.75, 3.05) is 19.6 Å². The zero-order chi connectivity index (χ0) is 9.14. The molecule has 0 radical (unpaired) electrons. The van der Waals surface area contributed by atoms with Crippen molar-refractivity contribution in [1.29, 1.82) is 0 Å². The van der Waals surface area contributed by atoms with Crippen LogP contribution in [0.3, 0.4) is 0 Å². The molecule has 0 spiro atoms. The van der Waals surface area contributed by atoms with Crippen LogP contribution in [0.5, 0.6) is 0 Å². The van der Waals surface area contributed by atoms with Crippen LogP contribution < -0.4 is 11.5 Å². The summed E-state index contributed by atoms with van der Waals surface area (Å²) < 4.78 is 0. The molecular formula is C8H18ClN3O. The van der Waals surface area contributed by atoms with Gasteiger partial charge in [-0.15, -0.1) is 12.4 Å². The minimum atomic E-state index is -0.0599. The molecule has 1 amide bonds. The summed E-state index contributed by atoms with van der Waals surface area (Å²) in [5.74, 6) is 0.0840. The molecule has 1 saturated heterocycles. The highest BCUT2D eigenvalue weighted by Crippen LogP contribution is 2.10. The van der Waals surface area contributed by atoms with Gasteiger partial charge in [-0.3, -0.25) is 4.79 Å². The smallest absolute Gasteiger partial charge is 0.226 e. The largest absolute Gasteiger partial charge is 0.341 e. The minimum Gasteiger partial charge on any atom is -0.341 e. The van der Waals surface area contributed by atoms with Gasteiger partial charge in [-0.2, -0.15) is 0 Å². The average Bonchev–Trinajstić information content (AvgIpc) is 2.49. The summed E-state index contributed by atoms with van der Waals surface area (Å²) in [6.45, 7) is 3.77. The van der Waals surface area contributed by atoms with E-state index in [4.69, 9.17) is 11.5 Å². The van der Waals surface area contributed by atoms with Gasteiger partial charge < -0.3 is 16.4 Å². The van der Waals surface area contributed by atoms with Gasteiger partial charge in [0, 0.05) is 31.6 Å². The van der Waals surface area contributed by atoms with E-state index in [0.717, 1.165) is 13.0 Å². The van der Waals surface area contributed by atoms with Gasteiger partial charge >= 0.3 is 0 Å². The first kappa shape index (κ1) is 12.7. The van der Waals surface area contributed by atoms with Gasteiger partial charge in [0.05, 0.1) is 0 Å². The number of carbonyl (C=O) groups is 1. The number of hydrogen-bond acceptors (Lipinski definition) is 3. The van der Waals surface area contributed by atoms with Gasteiger partial charge in [0.25, 0.3) is 0 Å². The molecule has 5 heteroatoms. The summed E-state index contributed by atoms with van der Waals surface area (Å²) in [5.41, 5.74) is 11.1. The molecule has 1 aliphatic rings. The van der Waals surface area contributed by atoms with Crippen molar-refractivity contribution in [3.8, 4) is 0 Å². The van der Waals surface area contributed by atoms with E-state index in [9.17, 15) is 4.79 Å². The fourth-order valence-corrected chi connectivity index (χ4v) is 1.40. The molecule has 0 aliphatic carbocycles. The van der Waals surface area contributed by atoms with Crippen LogP contribution >= 0.6 is 12.4 Å². The number of rotatable bonds is 2. The lowest BCUT2D eigenvalue weighted by atomic mass is 10.1. The van der Waals surface area contributed by atoms with Crippen molar-refractivity contribution in [3.05, 3.63) is 0 Å². The van der Waals surface area contributed by atoms with Crippen LogP contribution in [0.1, 0.15) is 13.3 Å². The molecule has 4 N–H and O–H groups in total. The second-order valence-corrected chi connectivity index (χ2v) is 3.47. The van der Waals surface area contributed by atoms with E-state index in [2.05, 4.69) is 0 Å². The summed E-state index contributed by atoms with van der Waals surface area (Å²) in [5, 5.41) is 0. The number of nitrogens with two attached hydrogens (primary N) is 2. The van der Waals surface area contributed by atoms with Gasteiger partial charge in [-0.05, 0) is 6.42 Å². The van der Waals surface area contributed by atoms with Gasteiger partial charge in [-0.1, -0.05) is 6.92 Å². The number of likely N-dealkylation sites (tertiary alicyclic amines) is 1. The lowest BCUT2D eigenvalue weighted by Crippen LogP contribution is -2.37. The number of amides is 1. The SMILES string of the molecule is CC(CN)C(=O)N1CC[C@@H](N)C1.Cl. The molecule has 0 aromatic rings. The molecular weight excluding hydrogens is 190 g/mol. The Hall–Kier alpha value is -0.320. The van der Waals surface area contributed by atoms with Crippen LogP contribution in [0.4, 0.5) is 0 Å². The van der Waals surface area contributed by atoms with Crippen molar-refractivity contribution in [2.45, 2.75) is 19.4 Å². The Balaban J connectivity index is 0.00000144. The highest BCUT2D eigenvalue weighted by Gasteiger charge is 2.25. The first-order valence-corrected chi connectivity index (χ1v) is 4.39. The van der Waals surface area contributed by atoms with Crippen LogP contribution in [0.2, 0.25) is 0 Å². The number of carbonyl (C=O) groups excluding carboxylic acids is 1. The van der Waals surface area contributed by atoms with E-state index in [-0.39, 0.29) is 30.3 Å². The summed E-state index contributed by atoms with van der Waals surface area (Å²) in [4.78, 5) is 13.3. The van der Waals surface area contributed by atoms with Crippen molar-refractivity contribution in [3.63, 3.8) is 0 Å². The molecule has 2 atom stereocenters. The van der Waals surface area contributed by atoms with Gasteiger partial charge in [0.2, 0.25) is 5.91 Å². The lowest BCUT2D eigenvalue weighted by molar-refractivity contribution is -0.133. The standard InChI is InChI=1S/C8H17N3O.ClH/c1-6(4-9)8(12)11-3-2-7(10)5-11;/h6-7H,2-5,9-10H2,1H3;1H/t6?,7-;/m1./s1. The molecule has 4 nitrogen and oxygen atoms in total. The predicted octanol–water partition coefficient (Wildman–Crippen LogP) is -0.437. The molecule has 0 aromatic heterocycles. The maximum atomic E-state index is 11.5. The summed E-state index contributed by atoms with van der Waals surface area (Å²) in [6, 6.07) is 0.166. The normalized spacial score (nSPS) is 23.9. The highest BCUT2D eigenvalue weighted by molar-refractivity contribution is 5.85. The molecule has 1 aliphatic heterocycles. The second kappa shape index (κ2) is 5.42. The van der Waals surface area contributed by atoms with Crippen molar-refractivity contribution >= 4 is 18.3 Å². The quantitative estimate of drug-likeness (QED) is 0.645. The Morgan fingerprint density at radius 2 is 2.31 bits per heavy atom. The molecule has 0 saturated carbocycles. The highest BCUT2D eigenvalue weighted by atomic mass is 35.5. The molecule has 1 fully saturated rings. The average molecular weight is 208 g/mol.